The molecule has 0 heterocycles. The zero-order valence-corrected chi connectivity index (χ0v) is 12.6. The predicted octanol–water partition coefficient (Wildman–Crippen LogP) is 4.01. The quantitative estimate of drug-likeness (QED) is 0.845. The maximum atomic E-state index is 13.7. The lowest BCUT2D eigenvalue weighted by atomic mass is 9.59. The normalized spacial score (nSPS) is 24.9. The first-order valence-electron chi connectivity index (χ1n) is 6.51. The number of hydrogen-bond donors (Lipinski definition) is 1. The SMILES string of the molecule is CCC1(CC)C(N)CC1Oc1cc(Br)cc(F)c1F. The van der Waals surface area contributed by atoms with Crippen molar-refractivity contribution in [2.45, 2.75) is 45.3 Å². The molecule has 106 valence electrons. The second kappa shape index (κ2) is 5.37. The predicted molar refractivity (Wildman–Crippen MR) is 74.1 cm³/mol. The van der Waals surface area contributed by atoms with E-state index in [1.54, 1.807) is 0 Å². The molecule has 1 saturated carbocycles. The fraction of sp³-hybridized carbons (Fsp3) is 0.571. The van der Waals surface area contributed by atoms with Crippen molar-refractivity contribution in [3.05, 3.63) is 28.2 Å². The van der Waals surface area contributed by atoms with Gasteiger partial charge in [0.1, 0.15) is 6.10 Å². The van der Waals surface area contributed by atoms with Crippen LogP contribution in [0.15, 0.2) is 16.6 Å². The minimum atomic E-state index is -0.940. The molecule has 1 fully saturated rings. The summed E-state index contributed by atoms with van der Waals surface area (Å²) in [5, 5.41) is 0. The van der Waals surface area contributed by atoms with Gasteiger partial charge in [-0.15, -0.1) is 0 Å². The van der Waals surface area contributed by atoms with Gasteiger partial charge >= 0.3 is 0 Å². The minimum Gasteiger partial charge on any atom is -0.486 e. The summed E-state index contributed by atoms with van der Waals surface area (Å²) in [5.41, 5.74) is 5.93. The number of ether oxygens (including phenoxy) is 1. The van der Waals surface area contributed by atoms with E-state index in [9.17, 15) is 8.78 Å². The zero-order valence-electron chi connectivity index (χ0n) is 11.1. The summed E-state index contributed by atoms with van der Waals surface area (Å²) < 4.78 is 33.2. The second-order valence-electron chi connectivity index (χ2n) is 5.09. The molecule has 2 unspecified atom stereocenters. The Labute approximate surface area is 120 Å². The number of rotatable bonds is 4. The highest BCUT2D eigenvalue weighted by Crippen LogP contribution is 2.48. The molecule has 0 amide bonds. The van der Waals surface area contributed by atoms with Crippen molar-refractivity contribution >= 4 is 15.9 Å². The van der Waals surface area contributed by atoms with E-state index in [1.165, 1.54) is 6.07 Å². The summed E-state index contributed by atoms with van der Waals surface area (Å²) in [6.45, 7) is 4.10. The topological polar surface area (TPSA) is 35.2 Å². The maximum Gasteiger partial charge on any atom is 0.200 e. The monoisotopic (exact) mass is 333 g/mol. The van der Waals surface area contributed by atoms with Gasteiger partial charge in [-0.3, -0.25) is 0 Å². The molecule has 0 radical (unpaired) electrons. The van der Waals surface area contributed by atoms with Crippen molar-refractivity contribution in [2.75, 3.05) is 0 Å². The summed E-state index contributed by atoms with van der Waals surface area (Å²) >= 11 is 3.14. The Bertz CT molecular complexity index is 477. The third kappa shape index (κ3) is 2.38. The lowest BCUT2D eigenvalue weighted by molar-refractivity contribution is -0.0740. The number of halogens is 3. The van der Waals surface area contributed by atoms with E-state index in [4.69, 9.17) is 10.5 Å². The third-order valence-electron chi connectivity index (χ3n) is 4.39. The van der Waals surface area contributed by atoms with Crippen LogP contribution in [0.3, 0.4) is 0 Å². The molecule has 1 aromatic rings. The van der Waals surface area contributed by atoms with Gasteiger partial charge in [0, 0.05) is 22.4 Å². The van der Waals surface area contributed by atoms with Gasteiger partial charge in [-0.25, -0.2) is 4.39 Å². The van der Waals surface area contributed by atoms with Crippen LogP contribution in [0.2, 0.25) is 0 Å². The van der Waals surface area contributed by atoms with Crippen LogP contribution >= 0.6 is 15.9 Å². The molecule has 0 aliphatic heterocycles. The highest BCUT2D eigenvalue weighted by molar-refractivity contribution is 9.10. The van der Waals surface area contributed by atoms with Crippen molar-refractivity contribution in [1.29, 1.82) is 0 Å². The average Bonchev–Trinajstić information content (AvgIpc) is 2.36. The minimum absolute atomic E-state index is 0.0462. The molecule has 2 atom stereocenters. The van der Waals surface area contributed by atoms with E-state index in [1.807, 2.05) is 0 Å². The molecule has 19 heavy (non-hydrogen) atoms. The van der Waals surface area contributed by atoms with E-state index in [-0.39, 0.29) is 23.3 Å². The highest BCUT2D eigenvalue weighted by Gasteiger charge is 2.52. The van der Waals surface area contributed by atoms with E-state index in [2.05, 4.69) is 29.8 Å². The molecule has 0 spiro atoms. The zero-order chi connectivity index (χ0) is 14.2. The van der Waals surface area contributed by atoms with Crippen LogP contribution in [0, 0.1) is 17.0 Å². The van der Waals surface area contributed by atoms with Gasteiger partial charge in [0.2, 0.25) is 5.82 Å². The Morgan fingerprint density at radius 1 is 1.37 bits per heavy atom. The summed E-state index contributed by atoms with van der Waals surface area (Å²) in [5.74, 6) is -1.90. The van der Waals surface area contributed by atoms with Gasteiger partial charge in [0.15, 0.2) is 11.6 Å². The summed E-state index contributed by atoms with van der Waals surface area (Å²) in [7, 11) is 0. The van der Waals surface area contributed by atoms with Gasteiger partial charge in [-0.1, -0.05) is 29.8 Å². The molecule has 2 rings (SSSR count). The molecule has 5 heteroatoms. The molecule has 0 saturated heterocycles. The fourth-order valence-electron chi connectivity index (χ4n) is 2.94. The molecule has 1 aliphatic rings. The first-order chi connectivity index (χ1) is 8.94. The van der Waals surface area contributed by atoms with E-state index in [0.717, 1.165) is 18.9 Å². The maximum absolute atomic E-state index is 13.7. The Balaban J connectivity index is 2.23. The van der Waals surface area contributed by atoms with Crippen molar-refractivity contribution in [2.24, 2.45) is 11.1 Å². The van der Waals surface area contributed by atoms with Gasteiger partial charge in [-0.05, 0) is 25.0 Å². The number of hydrogen-bond acceptors (Lipinski definition) is 2. The smallest absolute Gasteiger partial charge is 0.200 e. The van der Waals surface area contributed by atoms with Crippen LogP contribution in [0.25, 0.3) is 0 Å². The van der Waals surface area contributed by atoms with Crippen LogP contribution in [0.4, 0.5) is 8.78 Å². The fourth-order valence-corrected chi connectivity index (χ4v) is 3.35. The summed E-state index contributed by atoms with van der Waals surface area (Å²) in [6, 6.07) is 2.60. The van der Waals surface area contributed by atoms with Gasteiger partial charge in [-0.2, -0.15) is 4.39 Å². The summed E-state index contributed by atoms with van der Waals surface area (Å²) in [6.07, 6.45) is 2.26. The van der Waals surface area contributed by atoms with E-state index in [0.29, 0.717) is 10.9 Å². The van der Waals surface area contributed by atoms with Crippen LogP contribution in [-0.4, -0.2) is 12.1 Å². The Kier molecular flexibility index (Phi) is 4.16. The lowest BCUT2D eigenvalue weighted by Crippen LogP contribution is -2.63. The Morgan fingerprint density at radius 2 is 2.00 bits per heavy atom. The molecule has 1 aromatic carbocycles. The van der Waals surface area contributed by atoms with Crippen LogP contribution in [-0.2, 0) is 0 Å². The van der Waals surface area contributed by atoms with Crippen LogP contribution in [0.1, 0.15) is 33.1 Å². The number of nitrogens with two attached hydrogens (primary N) is 1. The van der Waals surface area contributed by atoms with Crippen molar-refractivity contribution in [3.63, 3.8) is 0 Å². The highest BCUT2D eigenvalue weighted by atomic mass is 79.9. The van der Waals surface area contributed by atoms with Crippen molar-refractivity contribution < 1.29 is 13.5 Å². The molecule has 2 nitrogen and oxygen atoms in total. The first kappa shape index (κ1) is 14.7. The molecule has 1 aliphatic carbocycles. The van der Waals surface area contributed by atoms with E-state index >= 15 is 0 Å². The summed E-state index contributed by atoms with van der Waals surface area (Å²) in [4.78, 5) is 0. The molecular weight excluding hydrogens is 316 g/mol. The van der Waals surface area contributed by atoms with Crippen LogP contribution in [0.5, 0.6) is 5.75 Å². The van der Waals surface area contributed by atoms with E-state index < -0.39 is 11.6 Å². The van der Waals surface area contributed by atoms with Crippen molar-refractivity contribution in [3.8, 4) is 5.75 Å². The molecular formula is C14H18BrF2NO. The van der Waals surface area contributed by atoms with Gasteiger partial charge in [0.25, 0.3) is 0 Å². The molecule has 0 bridgehead atoms. The Morgan fingerprint density at radius 3 is 2.53 bits per heavy atom. The van der Waals surface area contributed by atoms with Crippen LogP contribution < -0.4 is 10.5 Å². The third-order valence-corrected chi connectivity index (χ3v) is 4.85. The molecule has 2 N–H and O–H groups in total. The largest absolute Gasteiger partial charge is 0.486 e. The average molecular weight is 334 g/mol. The second-order valence-corrected chi connectivity index (χ2v) is 6.00. The first-order valence-corrected chi connectivity index (χ1v) is 7.30. The lowest BCUT2D eigenvalue weighted by Gasteiger charge is -2.53. The molecule has 0 aromatic heterocycles. The van der Waals surface area contributed by atoms with Gasteiger partial charge in [0.05, 0.1) is 0 Å². The Hall–Kier alpha value is -0.680. The number of benzene rings is 1. The van der Waals surface area contributed by atoms with Gasteiger partial charge < -0.3 is 10.5 Å². The standard InChI is InChI=1S/C14H18BrF2NO/c1-3-14(4-2)11(18)7-12(14)19-10-6-8(15)5-9(16)13(10)17/h5-6,11-12H,3-4,7,18H2,1-2H3. The van der Waals surface area contributed by atoms with Crippen molar-refractivity contribution in [1.82, 2.24) is 0 Å².